The summed E-state index contributed by atoms with van der Waals surface area (Å²) in [5.74, 6) is 0. The zero-order chi connectivity index (χ0) is 14.6. The van der Waals surface area contributed by atoms with Crippen molar-refractivity contribution in [3.63, 3.8) is 0 Å². The molecule has 2 heterocycles. The Balaban J connectivity index is 2.27. The van der Waals surface area contributed by atoms with E-state index in [1.807, 2.05) is 0 Å². The highest BCUT2D eigenvalue weighted by atomic mass is 32.2. The summed E-state index contributed by atoms with van der Waals surface area (Å²) in [5.41, 5.74) is -0.407. The first kappa shape index (κ1) is 15.2. The Morgan fingerprint density at radius 2 is 2.35 bits per heavy atom. The molecule has 1 atom stereocenters. The molecule has 110 valence electrons. The molecule has 0 amide bonds. The predicted molar refractivity (Wildman–Crippen MR) is 76.6 cm³/mol. The van der Waals surface area contributed by atoms with Crippen molar-refractivity contribution >= 4 is 10.0 Å². The van der Waals surface area contributed by atoms with Crippen molar-refractivity contribution in [3.05, 3.63) is 37.2 Å². The van der Waals surface area contributed by atoms with Crippen molar-refractivity contribution in [3.8, 4) is 0 Å². The zero-order valence-corrected chi connectivity index (χ0v) is 12.2. The molecule has 5 nitrogen and oxygen atoms in total. The molecule has 1 aliphatic rings. The predicted octanol–water partition coefficient (Wildman–Crippen LogP) is 1.42. The average molecular weight is 296 g/mol. The number of hydrogen-bond donors (Lipinski definition) is 1. The van der Waals surface area contributed by atoms with Crippen LogP contribution in [0, 0.1) is 5.41 Å². The molecule has 6 heteroatoms. The van der Waals surface area contributed by atoms with E-state index in [4.69, 9.17) is 0 Å². The van der Waals surface area contributed by atoms with E-state index in [0.717, 1.165) is 12.8 Å². The van der Waals surface area contributed by atoms with E-state index in [1.54, 1.807) is 24.4 Å². The first-order valence-corrected chi connectivity index (χ1v) is 8.10. The van der Waals surface area contributed by atoms with Crippen LogP contribution in [0.3, 0.4) is 0 Å². The number of nitrogens with zero attached hydrogens (tertiary/aromatic N) is 2. The Hall–Kier alpha value is -1.24. The van der Waals surface area contributed by atoms with E-state index < -0.39 is 15.4 Å². The maximum absolute atomic E-state index is 12.6. The standard InChI is InChI=1S/C14H20N2O3S/c1-2-6-14(12-17)7-4-9-16(11-14)20(18,19)13-5-3-8-15-10-13/h2-3,5,8,10,17H,1,4,6-7,9,11-12H2/t14-/m1/s1. The van der Waals surface area contributed by atoms with Gasteiger partial charge in [-0.3, -0.25) is 4.98 Å². The third-order valence-corrected chi connectivity index (χ3v) is 5.64. The van der Waals surface area contributed by atoms with E-state index in [2.05, 4.69) is 11.6 Å². The van der Waals surface area contributed by atoms with Gasteiger partial charge >= 0.3 is 0 Å². The summed E-state index contributed by atoms with van der Waals surface area (Å²) < 4.78 is 26.6. The molecule has 2 rings (SSSR count). The minimum absolute atomic E-state index is 0.0297. The molecule has 20 heavy (non-hydrogen) atoms. The molecule has 1 aliphatic heterocycles. The number of pyridine rings is 1. The van der Waals surface area contributed by atoms with Gasteiger partial charge in [0.15, 0.2) is 0 Å². The number of sulfonamides is 1. The molecule has 0 saturated carbocycles. The van der Waals surface area contributed by atoms with E-state index in [1.165, 1.54) is 10.5 Å². The number of aliphatic hydroxyl groups is 1. The fourth-order valence-electron chi connectivity index (χ4n) is 2.68. The van der Waals surface area contributed by atoms with Crippen LogP contribution in [-0.2, 0) is 10.0 Å². The highest BCUT2D eigenvalue weighted by Crippen LogP contribution is 2.35. The van der Waals surface area contributed by atoms with Gasteiger partial charge in [-0.05, 0) is 31.4 Å². The van der Waals surface area contributed by atoms with Crippen molar-refractivity contribution < 1.29 is 13.5 Å². The zero-order valence-electron chi connectivity index (χ0n) is 11.4. The summed E-state index contributed by atoms with van der Waals surface area (Å²) in [6.45, 7) is 4.48. The van der Waals surface area contributed by atoms with Gasteiger partial charge in [0, 0.05) is 30.9 Å². The molecule has 0 unspecified atom stereocenters. The molecule has 0 aliphatic carbocycles. The Kier molecular flexibility index (Phi) is 4.57. The van der Waals surface area contributed by atoms with Gasteiger partial charge in [-0.1, -0.05) is 6.08 Å². The van der Waals surface area contributed by atoms with Gasteiger partial charge < -0.3 is 5.11 Å². The minimum atomic E-state index is -3.54. The van der Waals surface area contributed by atoms with Crippen LogP contribution in [-0.4, -0.2) is 42.5 Å². The minimum Gasteiger partial charge on any atom is -0.396 e. The van der Waals surface area contributed by atoms with Gasteiger partial charge in [0.05, 0.1) is 6.61 Å². The smallest absolute Gasteiger partial charge is 0.244 e. The Bertz CT molecular complexity index is 559. The van der Waals surface area contributed by atoms with Crippen LogP contribution in [0.5, 0.6) is 0 Å². The van der Waals surface area contributed by atoms with Gasteiger partial charge in [0.25, 0.3) is 0 Å². The van der Waals surface area contributed by atoms with Crippen LogP contribution < -0.4 is 0 Å². The maximum atomic E-state index is 12.6. The molecular formula is C14H20N2O3S. The Morgan fingerprint density at radius 3 is 2.95 bits per heavy atom. The topological polar surface area (TPSA) is 70.5 Å². The summed E-state index contributed by atoms with van der Waals surface area (Å²) in [6, 6.07) is 3.16. The molecule has 1 fully saturated rings. The number of hydrogen-bond acceptors (Lipinski definition) is 4. The molecule has 0 radical (unpaired) electrons. The molecule has 0 bridgehead atoms. The largest absolute Gasteiger partial charge is 0.396 e. The van der Waals surface area contributed by atoms with Crippen LogP contribution in [0.1, 0.15) is 19.3 Å². The lowest BCUT2D eigenvalue weighted by molar-refractivity contribution is 0.0669. The summed E-state index contributed by atoms with van der Waals surface area (Å²) >= 11 is 0. The van der Waals surface area contributed by atoms with Gasteiger partial charge in [0.2, 0.25) is 10.0 Å². The Labute approximate surface area is 120 Å². The fraction of sp³-hybridized carbons (Fsp3) is 0.500. The van der Waals surface area contributed by atoms with Crippen molar-refractivity contribution in [1.29, 1.82) is 0 Å². The number of aromatic nitrogens is 1. The maximum Gasteiger partial charge on any atom is 0.244 e. The second kappa shape index (κ2) is 6.03. The second-order valence-electron chi connectivity index (χ2n) is 5.28. The van der Waals surface area contributed by atoms with E-state index in [-0.39, 0.29) is 11.5 Å². The van der Waals surface area contributed by atoms with E-state index >= 15 is 0 Å². The highest BCUT2D eigenvalue weighted by molar-refractivity contribution is 7.89. The number of rotatable bonds is 5. The average Bonchev–Trinajstić information content (AvgIpc) is 2.49. The molecule has 1 N–H and O–H groups in total. The monoisotopic (exact) mass is 296 g/mol. The number of piperidine rings is 1. The normalized spacial score (nSPS) is 24.4. The second-order valence-corrected chi connectivity index (χ2v) is 7.22. The summed E-state index contributed by atoms with van der Waals surface area (Å²) in [4.78, 5) is 4.07. The van der Waals surface area contributed by atoms with Crippen molar-refractivity contribution in [1.82, 2.24) is 9.29 Å². The highest BCUT2D eigenvalue weighted by Gasteiger charge is 2.39. The third-order valence-electron chi connectivity index (χ3n) is 3.81. The lowest BCUT2D eigenvalue weighted by Gasteiger charge is -2.40. The number of aliphatic hydroxyl groups excluding tert-OH is 1. The third kappa shape index (κ3) is 2.92. The Morgan fingerprint density at radius 1 is 1.55 bits per heavy atom. The van der Waals surface area contributed by atoms with Gasteiger partial charge in [-0.2, -0.15) is 4.31 Å². The molecule has 0 aromatic carbocycles. The van der Waals surface area contributed by atoms with Crippen molar-refractivity contribution in [2.24, 2.45) is 5.41 Å². The fourth-order valence-corrected chi connectivity index (χ4v) is 4.24. The first-order valence-electron chi connectivity index (χ1n) is 6.66. The van der Waals surface area contributed by atoms with Crippen LogP contribution in [0.25, 0.3) is 0 Å². The van der Waals surface area contributed by atoms with Crippen molar-refractivity contribution in [2.45, 2.75) is 24.2 Å². The van der Waals surface area contributed by atoms with Gasteiger partial charge in [-0.15, -0.1) is 6.58 Å². The van der Waals surface area contributed by atoms with Gasteiger partial charge in [0.1, 0.15) is 4.90 Å². The first-order chi connectivity index (χ1) is 9.54. The molecule has 1 aromatic rings. The van der Waals surface area contributed by atoms with Crippen LogP contribution >= 0.6 is 0 Å². The van der Waals surface area contributed by atoms with Gasteiger partial charge in [-0.25, -0.2) is 8.42 Å². The lowest BCUT2D eigenvalue weighted by Crippen LogP contribution is -2.47. The molecule has 1 saturated heterocycles. The van der Waals surface area contributed by atoms with E-state index in [9.17, 15) is 13.5 Å². The SMILES string of the molecule is C=CC[C@@]1(CO)CCCN(S(=O)(=O)c2cccnc2)C1. The lowest BCUT2D eigenvalue weighted by atomic mass is 9.79. The van der Waals surface area contributed by atoms with Crippen LogP contribution in [0.15, 0.2) is 42.1 Å². The summed E-state index contributed by atoms with van der Waals surface area (Å²) in [6.07, 6.45) is 6.82. The van der Waals surface area contributed by atoms with Crippen LogP contribution in [0.2, 0.25) is 0 Å². The van der Waals surface area contributed by atoms with Crippen LogP contribution in [0.4, 0.5) is 0 Å². The molecule has 1 aromatic heterocycles. The molecular weight excluding hydrogens is 276 g/mol. The number of allylic oxidation sites excluding steroid dienone is 1. The van der Waals surface area contributed by atoms with E-state index in [0.29, 0.717) is 19.5 Å². The summed E-state index contributed by atoms with van der Waals surface area (Å²) in [7, 11) is -3.54. The quantitative estimate of drug-likeness (QED) is 0.834. The van der Waals surface area contributed by atoms with Crippen molar-refractivity contribution in [2.75, 3.05) is 19.7 Å². The molecule has 0 spiro atoms. The summed E-state index contributed by atoms with van der Waals surface area (Å²) in [5, 5.41) is 9.65.